The largest absolute Gasteiger partial charge is 0.369 e. The van der Waals surface area contributed by atoms with Crippen LogP contribution in [0.4, 0.5) is 5.69 Å². The summed E-state index contributed by atoms with van der Waals surface area (Å²) < 4.78 is 0. The van der Waals surface area contributed by atoms with Crippen LogP contribution in [0.15, 0.2) is 29.2 Å². The number of benzene rings is 1. The minimum atomic E-state index is -0.793. The number of piperidine rings is 1. The van der Waals surface area contributed by atoms with Crippen LogP contribution in [0.3, 0.4) is 0 Å². The molecule has 0 saturated carbocycles. The first-order valence-electron chi connectivity index (χ1n) is 8.50. The Kier molecular flexibility index (Phi) is 7.17. The van der Waals surface area contributed by atoms with Gasteiger partial charge in [-0.1, -0.05) is 6.07 Å². The maximum absolute atomic E-state index is 12.8. The van der Waals surface area contributed by atoms with Gasteiger partial charge in [0.15, 0.2) is 0 Å². The SMILES string of the molecule is CC(=O)NC(CSc1cccc([N+](=O)[O-])c1)C(=O)N1CCCC(C(N)=O)C1. The molecule has 1 aliphatic rings. The van der Waals surface area contributed by atoms with E-state index in [0.717, 1.165) is 0 Å². The lowest BCUT2D eigenvalue weighted by atomic mass is 9.97. The van der Waals surface area contributed by atoms with Crippen molar-refractivity contribution in [3.05, 3.63) is 34.4 Å². The molecule has 3 N–H and O–H groups in total. The lowest BCUT2D eigenvalue weighted by Gasteiger charge is -2.33. The molecule has 1 saturated heterocycles. The van der Waals surface area contributed by atoms with E-state index in [4.69, 9.17) is 5.73 Å². The van der Waals surface area contributed by atoms with Gasteiger partial charge in [-0.25, -0.2) is 0 Å². The average molecular weight is 394 g/mol. The minimum absolute atomic E-state index is 0.0391. The van der Waals surface area contributed by atoms with Crippen LogP contribution in [-0.2, 0) is 14.4 Å². The van der Waals surface area contributed by atoms with Crippen molar-refractivity contribution >= 4 is 35.2 Å². The van der Waals surface area contributed by atoms with E-state index >= 15 is 0 Å². The molecule has 1 aliphatic heterocycles. The van der Waals surface area contributed by atoms with Crippen molar-refractivity contribution in [2.75, 3.05) is 18.8 Å². The summed E-state index contributed by atoms with van der Waals surface area (Å²) in [5.41, 5.74) is 5.31. The van der Waals surface area contributed by atoms with Crippen LogP contribution in [0.1, 0.15) is 19.8 Å². The van der Waals surface area contributed by atoms with E-state index in [-0.39, 0.29) is 35.7 Å². The van der Waals surface area contributed by atoms with Crippen molar-refractivity contribution in [3.8, 4) is 0 Å². The van der Waals surface area contributed by atoms with E-state index in [1.807, 2.05) is 0 Å². The Morgan fingerprint density at radius 3 is 2.81 bits per heavy atom. The van der Waals surface area contributed by atoms with Crippen LogP contribution in [0, 0.1) is 16.0 Å². The number of hydrogen-bond donors (Lipinski definition) is 2. The molecule has 0 aliphatic carbocycles. The number of nitrogens with zero attached hydrogens (tertiary/aromatic N) is 2. The summed E-state index contributed by atoms with van der Waals surface area (Å²) in [6.45, 7) is 2.06. The Bertz CT molecular complexity index is 742. The fraction of sp³-hybridized carbons (Fsp3) is 0.471. The maximum Gasteiger partial charge on any atom is 0.270 e. The zero-order chi connectivity index (χ0) is 20.0. The van der Waals surface area contributed by atoms with E-state index in [2.05, 4.69) is 5.32 Å². The highest BCUT2D eigenvalue weighted by atomic mass is 32.2. The second-order valence-electron chi connectivity index (χ2n) is 6.34. The van der Waals surface area contributed by atoms with Gasteiger partial charge in [0.25, 0.3) is 5.69 Å². The molecule has 2 atom stereocenters. The topological polar surface area (TPSA) is 136 Å². The molecular weight excluding hydrogens is 372 g/mol. The summed E-state index contributed by atoms with van der Waals surface area (Å²) in [6, 6.07) is 5.29. The molecule has 1 heterocycles. The summed E-state index contributed by atoms with van der Waals surface area (Å²) in [5.74, 6) is -1.23. The van der Waals surface area contributed by atoms with Gasteiger partial charge in [-0.2, -0.15) is 0 Å². The van der Waals surface area contributed by atoms with E-state index in [1.165, 1.54) is 30.8 Å². The second kappa shape index (κ2) is 9.36. The van der Waals surface area contributed by atoms with Gasteiger partial charge in [0.1, 0.15) is 6.04 Å². The lowest BCUT2D eigenvalue weighted by molar-refractivity contribution is -0.385. The van der Waals surface area contributed by atoms with E-state index in [1.54, 1.807) is 17.0 Å². The smallest absolute Gasteiger partial charge is 0.270 e. The van der Waals surface area contributed by atoms with Gasteiger partial charge in [0.2, 0.25) is 17.7 Å². The predicted octanol–water partition coefficient (Wildman–Crippen LogP) is 0.916. The van der Waals surface area contributed by atoms with Crippen molar-refractivity contribution in [2.45, 2.75) is 30.7 Å². The predicted molar refractivity (Wildman–Crippen MR) is 99.9 cm³/mol. The highest BCUT2D eigenvalue weighted by Crippen LogP contribution is 2.24. The van der Waals surface area contributed by atoms with Crippen molar-refractivity contribution < 1.29 is 19.3 Å². The average Bonchev–Trinajstić information content (AvgIpc) is 2.64. The lowest BCUT2D eigenvalue weighted by Crippen LogP contribution is -2.53. The molecule has 146 valence electrons. The number of nitrogens with one attached hydrogen (secondary N) is 1. The second-order valence-corrected chi connectivity index (χ2v) is 7.44. The highest BCUT2D eigenvalue weighted by Gasteiger charge is 2.31. The Hall–Kier alpha value is -2.62. The maximum atomic E-state index is 12.8. The Morgan fingerprint density at radius 1 is 1.44 bits per heavy atom. The third kappa shape index (κ3) is 5.95. The number of carbonyl (C=O) groups is 3. The number of rotatable bonds is 7. The molecule has 1 aromatic rings. The van der Waals surface area contributed by atoms with Crippen molar-refractivity contribution in [3.63, 3.8) is 0 Å². The normalized spacial score (nSPS) is 17.8. The van der Waals surface area contributed by atoms with E-state index < -0.39 is 16.9 Å². The van der Waals surface area contributed by atoms with Gasteiger partial charge in [0, 0.05) is 42.8 Å². The van der Waals surface area contributed by atoms with E-state index in [9.17, 15) is 24.5 Å². The molecule has 0 bridgehead atoms. The first-order chi connectivity index (χ1) is 12.8. The number of nitrogens with two attached hydrogens (primary N) is 1. The Labute approximate surface area is 160 Å². The summed E-state index contributed by atoms with van der Waals surface area (Å²) in [4.78, 5) is 48.3. The minimum Gasteiger partial charge on any atom is -0.369 e. The zero-order valence-corrected chi connectivity index (χ0v) is 15.7. The van der Waals surface area contributed by atoms with Gasteiger partial charge in [-0.3, -0.25) is 24.5 Å². The monoisotopic (exact) mass is 394 g/mol. The number of primary amides is 1. The molecule has 0 aromatic heterocycles. The van der Waals surface area contributed by atoms with Crippen molar-refractivity contribution in [1.82, 2.24) is 10.2 Å². The molecule has 10 heteroatoms. The van der Waals surface area contributed by atoms with Gasteiger partial charge >= 0.3 is 0 Å². The summed E-state index contributed by atoms with van der Waals surface area (Å²) >= 11 is 1.24. The highest BCUT2D eigenvalue weighted by molar-refractivity contribution is 7.99. The standard InChI is InChI=1S/C17H22N4O5S/c1-11(22)19-15(10-27-14-6-2-5-13(8-14)21(25)26)17(24)20-7-3-4-12(9-20)16(18)23/h2,5-6,8,12,15H,3-4,7,9-10H2,1H3,(H2,18,23)(H,19,22). The first kappa shape index (κ1) is 20.7. The third-order valence-corrected chi connectivity index (χ3v) is 5.34. The van der Waals surface area contributed by atoms with Gasteiger partial charge < -0.3 is 16.0 Å². The molecule has 3 amide bonds. The molecular formula is C17H22N4O5S. The van der Waals surface area contributed by atoms with E-state index in [0.29, 0.717) is 24.3 Å². The van der Waals surface area contributed by atoms with Crippen LogP contribution in [0.25, 0.3) is 0 Å². The Morgan fingerprint density at radius 2 is 2.19 bits per heavy atom. The fourth-order valence-corrected chi connectivity index (χ4v) is 3.88. The number of likely N-dealkylation sites (tertiary alicyclic amines) is 1. The number of nitro groups is 1. The third-order valence-electron chi connectivity index (χ3n) is 4.26. The van der Waals surface area contributed by atoms with Crippen LogP contribution in [0.5, 0.6) is 0 Å². The number of non-ortho nitro benzene ring substituents is 1. The molecule has 0 radical (unpaired) electrons. The summed E-state index contributed by atoms with van der Waals surface area (Å²) in [6.07, 6.45) is 1.32. The Balaban J connectivity index is 2.06. The zero-order valence-electron chi connectivity index (χ0n) is 14.9. The molecule has 0 spiro atoms. The molecule has 9 nitrogen and oxygen atoms in total. The first-order valence-corrected chi connectivity index (χ1v) is 9.49. The van der Waals surface area contributed by atoms with Crippen LogP contribution >= 0.6 is 11.8 Å². The van der Waals surface area contributed by atoms with Gasteiger partial charge in [0.05, 0.1) is 10.8 Å². The van der Waals surface area contributed by atoms with Crippen molar-refractivity contribution in [2.24, 2.45) is 11.7 Å². The molecule has 2 unspecified atom stereocenters. The van der Waals surface area contributed by atoms with Crippen LogP contribution in [0.2, 0.25) is 0 Å². The number of hydrogen-bond acceptors (Lipinski definition) is 6. The van der Waals surface area contributed by atoms with Crippen LogP contribution < -0.4 is 11.1 Å². The fourth-order valence-electron chi connectivity index (χ4n) is 2.92. The molecule has 1 fully saturated rings. The van der Waals surface area contributed by atoms with Crippen LogP contribution in [-0.4, -0.2) is 52.4 Å². The molecule has 1 aromatic carbocycles. The van der Waals surface area contributed by atoms with Gasteiger partial charge in [-0.15, -0.1) is 11.8 Å². The summed E-state index contributed by atoms with van der Waals surface area (Å²) in [5, 5.41) is 13.5. The van der Waals surface area contributed by atoms with Crippen molar-refractivity contribution in [1.29, 1.82) is 0 Å². The number of amides is 3. The number of carbonyl (C=O) groups excluding carboxylic acids is 3. The number of thioether (sulfide) groups is 1. The molecule has 2 rings (SSSR count). The quantitative estimate of drug-likeness (QED) is 0.401. The number of nitro benzene ring substituents is 1. The van der Waals surface area contributed by atoms with Gasteiger partial charge in [-0.05, 0) is 18.9 Å². The summed E-state index contributed by atoms with van der Waals surface area (Å²) in [7, 11) is 0. The molecule has 27 heavy (non-hydrogen) atoms.